The van der Waals surface area contributed by atoms with Crippen LogP contribution in [-0.2, 0) is 16.1 Å². The monoisotopic (exact) mass is 290 g/mol. The van der Waals surface area contributed by atoms with Crippen LogP contribution >= 0.6 is 0 Å². The molecule has 1 aromatic carbocycles. The third-order valence-corrected chi connectivity index (χ3v) is 2.75. The normalized spacial score (nSPS) is 10.4. The molecule has 0 aliphatic carbocycles. The Balaban J connectivity index is 0.000000240. The highest BCUT2D eigenvalue weighted by molar-refractivity contribution is 5.89. The van der Waals surface area contributed by atoms with Crippen molar-refractivity contribution in [2.24, 2.45) is 0 Å². The highest BCUT2D eigenvalue weighted by Crippen LogP contribution is 2.21. The number of carboxylic acids is 2. The van der Waals surface area contributed by atoms with Gasteiger partial charge in [0.1, 0.15) is 0 Å². The Morgan fingerprint density at radius 3 is 2.29 bits per heavy atom. The van der Waals surface area contributed by atoms with Crippen molar-refractivity contribution in [2.75, 3.05) is 7.05 Å². The Kier molecular flexibility index (Phi) is 6.16. The van der Waals surface area contributed by atoms with Gasteiger partial charge in [0.15, 0.2) is 0 Å². The van der Waals surface area contributed by atoms with E-state index >= 15 is 0 Å². The van der Waals surface area contributed by atoms with E-state index in [1.165, 1.54) is 22.2 Å². The summed E-state index contributed by atoms with van der Waals surface area (Å²) in [5, 5.41) is 20.1. The summed E-state index contributed by atoms with van der Waals surface area (Å²) in [5.41, 5.74) is 3.86. The molecule has 0 aliphatic rings. The molecule has 0 aliphatic heterocycles. The van der Waals surface area contributed by atoms with E-state index in [1.807, 2.05) is 7.05 Å². The number of hydrogen-bond acceptors (Lipinski definition) is 3. The lowest BCUT2D eigenvalue weighted by Gasteiger charge is -1.98. The van der Waals surface area contributed by atoms with E-state index in [4.69, 9.17) is 10.2 Å². The van der Waals surface area contributed by atoms with Crippen molar-refractivity contribution in [2.45, 2.75) is 13.5 Å². The molecule has 0 spiro atoms. The molecule has 0 radical (unpaired) electrons. The molecule has 1 heterocycles. The zero-order valence-electron chi connectivity index (χ0n) is 11.9. The number of aromatic nitrogens is 1. The average molecular weight is 290 g/mol. The molecule has 0 amide bonds. The fourth-order valence-electron chi connectivity index (χ4n) is 1.88. The van der Waals surface area contributed by atoms with E-state index in [2.05, 4.69) is 41.5 Å². The largest absolute Gasteiger partial charge is 0.478 e. The molecule has 6 heteroatoms. The second-order valence-electron chi connectivity index (χ2n) is 4.31. The lowest BCUT2D eigenvalue weighted by Crippen LogP contribution is -2.05. The third-order valence-electron chi connectivity index (χ3n) is 2.75. The van der Waals surface area contributed by atoms with Gasteiger partial charge in [-0.25, -0.2) is 9.59 Å². The van der Waals surface area contributed by atoms with Crippen LogP contribution in [0.5, 0.6) is 0 Å². The number of fused-ring (bicyclic) bond motifs is 1. The number of benzene rings is 1. The molecule has 0 atom stereocenters. The minimum atomic E-state index is -1.26. The summed E-state index contributed by atoms with van der Waals surface area (Å²) < 4.78 is 0. The SMILES string of the molecule is CNCc1c(C)[nH]c2ccccc12.O=C(O)C=CC(=O)O. The summed E-state index contributed by atoms with van der Waals surface area (Å²) in [5.74, 6) is -2.51. The fraction of sp³-hybridized carbons (Fsp3) is 0.200. The van der Waals surface area contributed by atoms with Crippen LogP contribution in [0.1, 0.15) is 11.3 Å². The molecule has 0 saturated heterocycles. The summed E-state index contributed by atoms with van der Waals surface area (Å²) >= 11 is 0. The number of hydrogen-bond donors (Lipinski definition) is 4. The van der Waals surface area contributed by atoms with E-state index < -0.39 is 11.9 Å². The maximum atomic E-state index is 9.55. The van der Waals surface area contributed by atoms with E-state index in [0.717, 1.165) is 6.54 Å². The number of aromatic amines is 1. The molecule has 6 nitrogen and oxygen atoms in total. The topological polar surface area (TPSA) is 102 Å². The molecule has 0 unspecified atom stereocenters. The lowest BCUT2D eigenvalue weighted by molar-refractivity contribution is -0.134. The van der Waals surface area contributed by atoms with E-state index in [0.29, 0.717) is 12.2 Å². The van der Waals surface area contributed by atoms with Crippen molar-refractivity contribution in [3.8, 4) is 0 Å². The number of aryl methyl sites for hydroxylation is 1. The van der Waals surface area contributed by atoms with Crippen molar-refractivity contribution >= 4 is 22.8 Å². The summed E-state index contributed by atoms with van der Waals surface area (Å²) in [7, 11) is 1.97. The summed E-state index contributed by atoms with van der Waals surface area (Å²) in [6.07, 6.45) is 1.12. The molecule has 0 fully saturated rings. The van der Waals surface area contributed by atoms with Crippen molar-refractivity contribution in [3.05, 3.63) is 47.7 Å². The van der Waals surface area contributed by atoms with Gasteiger partial charge in [-0.15, -0.1) is 0 Å². The summed E-state index contributed by atoms with van der Waals surface area (Å²) in [6, 6.07) is 8.41. The number of rotatable bonds is 4. The zero-order chi connectivity index (χ0) is 15.8. The maximum Gasteiger partial charge on any atom is 0.328 e. The smallest absolute Gasteiger partial charge is 0.328 e. The Bertz CT molecular complexity index is 643. The number of carboxylic acid groups (broad SMARTS) is 2. The van der Waals surface area contributed by atoms with Crippen LogP contribution in [0.2, 0.25) is 0 Å². The second kappa shape index (κ2) is 7.86. The molecule has 2 rings (SSSR count). The molecule has 0 bridgehead atoms. The van der Waals surface area contributed by atoms with Crippen LogP contribution in [-0.4, -0.2) is 34.2 Å². The van der Waals surface area contributed by atoms with Crippen molar-refractivity contribution in [3.63, 3.8) is 0 Å². The lowest BCUT2D eigenvalue weighted by atomic mass is 10.1. The average Bonchev–Trinajstić information content (AvgIpc) is 2.74. The van der Waals surface area contributed by atoms with Crippen LogP contribution in [0.3, 0.4) is 0 Å². The van der Waals surface area contributed by atoms with Gasteiger partial charge in [0, 0.05) is 35.3 Å². The number of aliphatic carboxylic acids is 2. The van der Waals surface area contributed by atoms with Crippen molar-refractivity contribution < 1.29 is 19.8 Å². The van der Waals surface area contributed by atoms with Gasteiger partial charge in [-0.3, -0.25) is 0 Å². The van der Waals surface area contributed by atoms with Crippen molar-refractivity contribution in [1.82, 2.24) is 10.3 Å². The first-order chi connectivity index (χ1) is 9.95. The van der Waals surface area contributed by atoms with Gasteiger partial charge < -0.3 is 20.5 Å². The third kappa shape index (κ3) is 5.12. The predicted molar refractivity (Wildman–Crippen MR) is 80.2 cm³/mol. The first-order valence-corrected chi connectivity index (χ1v) is 6.30. The molecule has 1 aromatic heterocycles. The van der Waals surface area contributed by atoms with Crippen LogP contribution in [0, 0.1) is 6.92 Å². The molecular formula is C15H18N2O4. The first-order valence-electron chi connectivity index (χ1n) is 6.30. The summed E-state index contributed by atoms with van der Waals surface area (Å²) in [4.78, 5) is 22.5. The van der Waals surface area contributed by atoms with Gasteiger partial charge in [-0.1, -0.05) is 18.2 Å². The molecule has 2 aromatic rings. The highest BCUT2D eigenvalue weighted by atomic mass is 16.4. The molecule has 0 saturated carbocycles. The van der Waals surface area contributed by atoms with Crippen LogP contribution in [0.25, 0.3) is 10.9 Å². The second-order valence-corrected chi connectivity index (χ2v) is 4.31. The fourth-order valence-corrected chi connectivity index (χ4v) is 1.88. The van der Waals surface area contributed by atoms with Crippen LogP contribution < -0.4 is 5.32 Å². The summed E-state index contributed by atoms with van der Waals surface area (Å²) in [6.45, 7) is 3.04. The molecule has 112 valence electrons. The van der Waals surface area contributed by atoms with Crippen LogP contribution in [0.15, 0.2) is 36.4 Å². The zero-order valence-corrected chi connectivity index (χ0v) is 11.9. The number of H-pyrrole nitrogens is 1. The predicted octanol–water partition coefficient (Wildman–Crippen LogP) is 1.91. The van der Waals surface area contributed by atoms with Crippen LogP contribution in [0.4, 0.5) is 0 Å². The van der Waals surface area contributed by atoms with Gasteiger partial charge >= 0.3 is 11.9 Å². The number of carbonyl (C=O) groups is 2. The van der Waals surface area contributed by atoms with E-state index in [-0.39, 0.29) is 0 Å². The van der Waals surface area contributed by atoms with Gasteiger partial charge in [-0.05, 0) is 25.6 Å². The Hall–Kier alpha value is -2.60. The quantitative estimate of drug-likeness (QED) is 0.644. The van der Waals surface area contributed by atoms with E-state index in [9.17, 15) is 9.59 Å². The standard InChI is InChI=1S/C11H14N2.C4H4O4/c1-8-10(7-12-2)9-5-3-4-6-11(9)13-8;5-3(6)1-2-4(7)8/h3-6,12-13H,7H2,1-2H3;1-2H,(H,5,6)(H,7,8). The highest BCUT2D eigenvalue weighted by Gasteiger charge is 2.05. The van der Waals surface area contributed by atoms with E-state index in [1.54, 1.807) is 0 Å². The number of para-hydroxylation sites is 1. The van der Waals surface area contributed by atoms with Crippen molar-refractivity contribution in [1.29, 1.82) is 0 Å². The van der Waals surface area contributed by atoms with Gasteiger partial charge in [0.05, 0.1) is 0 Å². The first kappa shape index (κ1) is 16.5. The minimum Gasteiger partial charge on any atom is -0.478 e. The molecular weight excluding hydrogens is 272 g/mol. The Morgan fingerprint density at radius 1 is 1.19 bits per heavy atom. The van der Waals surface area contributed by atoms with Gasteiger partial charge in [0.2, 0.25) is 0 Å². The van der Waals surface area contributed by atoms with Gasteiger partial charge in [-0.2, -0.15) is 0 Å². The maximum absolute atomic E-state index is 9.55. The van der Waals surface area contributed by atoms with Gasteiger partial charge in [0.25, 0.3) is 0 Å². The Labute approximate surface area is 122 Å². The number of nitrogens with one attached hydrogen (secondary N) is 2. The Morgan fingerprint density at radius 2 is 1.76 bits per heavy atom. The minimum absolute atomic E-state index is 0.558. The molecule has 21 heavy (non-hydrogen) atoms. The molecule has 4 N–H and O–H groups in total.